The minimum Gasteiger partial charge on any atom is -0.396 e. The normalized spacial score (nSPS) is 14.0. The van der Waals surface area contributed by atoms with E-state index in [9.17, 15) is 21.4 Å². The molecule has 6 rings (SSSR count). The molecule has 0 bridgehead atoms. The summed E-state index contributed by atoms with van der Waals surface area (Å²) in [5.41, 5.74) is 8.99. The quantitative estimate of drug-likeness (QED) is 0.158. The number of rotatable bonds is 4. The number of aromatic nitrogens is 1. The van der Waals surface area contributed by atoms with Gasteiger partial charge in [-0.2, -0.15) is 8.42 Å². The molecule has 0 radical (unpaired) electrons. The Morgan fingerprint density at radius 2 is 1.47 bits per heavy atom. The van der Waals surface area contributed by atoms with Crippen LogP contribution in [-0.2, 0) is 20.0 Å². The van der Waals surface area contributed by atoms with Gasteiger partial charge in [-0.1, -0.05) is 60.7 Å². The van der Waals surface area contributed by atoms with Crippen LogP contribution in [0, 0.1) is 0 Å². The van der Waals surface area contributed by atoms with Crippen LogP contribution in [0.3, 0.4) is 0 Å². The van der Waals surface area contributed by atoms with Gasteiger partial charge >= 0.3 is 0 Å². The van der Waals surface area contributed by atoms with Crippen LogP contribution in [0.2, 0.25) is 0 Å². The van der Waals surface area contributed by atoms with Crippen LogP contribution in [0.15, 0.2) is 116 Å². The summed E-state index contributed by atoms with van der Waals surface area (Å²) in [5, 5.41) is 8.90. The highest BCUT2D eigenvalue weighted by Crippen LogP contribution is 2.47. The van der Waals surface area contributed by atoms with Crippen molar-refractivity contribution in [3.05, 3.63) is 91.1 Å². The SMILES string of the molecule is Nc1c(/N=N/c2ccc(-c3cccc4c3S(=O)(=O)c3ccccc3-4)nc2)cc(S(=O)(=O)O)c2ccccc12. The molecule has 5 aromatic rings. The summed E-state index contributed by atoms with van der Waals surface area (Å²) in [5.74, 6) is 0. The van der Waals surface area contributed by atoms with Crippen molar-refractivity contribution in [1.29, 1.82) is 0 Å². The fraction of sp³-hybridized carbons (Fsp3) is 0. The number of nitrogens with zero attached hydrogens (tertiary/aromatic N) is 3. The standard InChI is InChI=1S/C27H18N4O5S2/c28-26-19-8-2-1-6-17(19)25(38(34,35)36)14-23(26)31-30-16-12-13-22(29-15-16)21-10-5-9-20-18-7-3-4-11-24(18)37(32,33)27(20)21/h1-15H,28H2,(H,34,35,36)/b31-30+. The minimum atomic E-state index is -4.54. The van der Waals surface area contributed by atoms with Gasteiger partial charge in [0, 0.05) is 27.5 Å². The molecule has 38 heavy (non-hydrogen) atoms. The molecular weight excluding hydrogens is 524 g/mol. The summed E-state index contributed by atoms with van der Waals surface area (Å²) >= 11 is 0. The Bertz CT molecular complexity index is 2020. The number of nitrogen functional groups attached to an aromatic ring is 1. The Morgan fingerprint density at radius 1 is 0.789 bits per heavy atom. The van der Waals surface area contributed by atoms with E-state index in [0.29, 0.717) is 33.5 Å². The predicted octanol–water partition coefficient (Wildman–Crippen LogP) is 5.96. The van der Waals surface area contributed by atoms with Gasteiger partial charge in [0.25, 0.3) is 10.1 Å². The van der Waals surface area contributed by atoms with E-state index in [2.05, 4.69) is 15.2 Å². The first-order valence-electron chi connectivity index (χ1n) is 11.3. The number of hydrogen-bond acceptors (Lipinski definition) is 8. The molecule has 1 aliphatic heterocycles. The largest absolute Gasteiger partial charge is 0.396 e. The Balaban J connectivity index is 1.38. The predicted molar refractivity (Wildman–Crippen MR) is 143 cm³/mol. The third kappa shape index (κ3) is 3.76. The van der Waals surface area contributed by atoms with Gasteiger partial charge in [0.15, 0.2) is 0 Å². The second kappa shape index (κ2) is 8.55. The lowest BCUT2D eigenvalue weighted by Crippen LogP contribution is -2.01. The molecule has 9 nitrogen and oxygen atoms in total. The number of fused-ring (bicyclic) bond motifs is 4. The van der Waals surface area contributed by atoms with Crippen LogP contribution in [0.1, 0.15) is 0 Å². The molecule has 0 fully saturated rings. The summed E-state index contributed by atoms with van der Waals surface area (Å²) < 4.78 is 60.2. The molecule has 0 saturated carbocycles. The molecule has 0 atom stereocenters. The van der Waals surface area contributed by atoms with Crippen molar-refractivity contribution < 1.29 is 21.4 Å². The van der Waals surface area contributed by atoms with Crippen LogP contribution < -0.4 is 5.73 Å². The average Bonchev–Trinajstić information content (AvgIpc) is 3.15. The van der Waals surface area contributed by atoms with E-state index in [4.69, 9.17) is 5.73 Å². The van der Waals surface area contributed by atoms with Gasteiger partial charge in [-0.3, -0.25) is 9.54 Å². The third-order valence-electron chi connectivity index (χ3n) is 6.35. The molecule has 3 N–H and O–H groups in total. The maximum atomic E-state index is 13.3. The highest BCUT2D eigenvalue weighted by atomic mass is 32.2. The van der Waals surface area contributed by atoms with E-state index in [1.54, 1.807) is 72.8 Å². The topological polar surface area (TPSA) is 152 Å². The van der Waals surface area contributed by atoms with Crippen molar-refractivity contribution in [1.82, 2.24) is 4.98 Å². The number of nitrogens with two attached hydrogens (primary N) is 1. The molecule has 2 heterocycles. The van der Waals surface area contributed by atoms with Gasteiger partial charge in [-0.05, 0) is 24.3 Å². The molecule has 0 amide bonds. The summed E-state index contributed by atoms with van der Waals surface area (Å²) in [6, 6.07) is 23.0. The van der Waals surface area contributed by atoms with Crippen molar-refractivity contribution >= 4 is 47.8 Å². The number of azo groups is 1. The van der Waals surface area contributed by atoms with E-state index < -0.39 is 20.0 Å². The van der Waals surface area contributed by atoms with Gasteiger partial charge < -0.3 is 5.73 Å². The molecule has 1 aliphatic rings. The van der Waals surface area contributed by atoms with Crippen LogP contribution in [-0.4, -0.2) is 26.4 Å². The first kappa shape index (κ1) is 23.9. The molecular formula is C27H18N4O5S2. The molecule has 0 spiro atoms. The van der Waals surface area contributed by atoms with E-state index in [-0.39, 0.29) is 31.4 Å². The van der Waals surface area contributed by atoms with Gasteiger partial charge in [0.05, 0.1) is 27.4 Å². The fourth-order valence-electron chi connectivity index (χ4n) is 4.64. The van der Waals surface area contributed by atoms with Crippen molar-refractivity contribution in [3.8, 4) is 22.4 Å². The van der Waals surface area contributed by atoms with E-state index in [0.717, 1.165) is 6.07 Å². The second-order valence-electron chi connectivity index (χ2n) is 8.61. The number of hydrogen-bond donors (Lipinski definition) is 2. The number of pyridine rings is 1. The summed E-state index contributed by atoms with van der Waals surface area (Å²) in [4.78, 5) is 4.56. The molecule has 188 valence electrons. The number of sulfone groups is 1. The first-order valence-corrected chi connectivity index (χ1v) is 14.2. The molecule has 0 unspecified atom stereocenters. The molecule has 4 aromatic carbocycles. The third-order valence-corrected chi connectivity index (χ3v) is 9.16. The lowest BCUT2D eigenvalue weighted by molar-refractivity contribution is 0.484. The lowest BCUT2D eigenvalue weighted by Gasteiger charge is -2.09. The first-order chi connectivity index (χ1) is 18.2. The lowest BCUT2D eigenvalue weighted by atomic mass is 10.0. The molecule has 0 aliphatic carbocycles. The average molecular weight is 543 g/mol. The zero-order valence-electron chi connectivity index (χ0n) is 19.5. The van der Waals surface area contributed by atoms with Crippen LogP contribution in [0.4, 0.5) is 17.1 Å². The van der Waals surface area contributed by atoms with Crippen molar-refractivity contribution in [2.24, 2.45) is 10.2 Å². The Morgan fingerprint density at radius 3 is 2.21 bits per heavy atom. The van der Waals surface area contributed by atoms with Gasteiger partial charge in [-0.15, -0.1) is 10.2 Å². The zero-order chi connectivity index (χ0) is 26.7. The summed E-state index contributed by atoms with van der Waals surface area (Å²) in [7, 11) is -8.25. The van der Waals surface area contributed by atoms with E-state index in [1.807, 2.05) is 0 Å². The van der Waals surface area contributed by atoms with Gasteiger partial charge in [0.1, 0.15) is 16.3 Å². The van der Waals surface area contributed by atoms with Crippen LogP contribution in [0.25, 0.3) is 33.2 Å². The van der Waals surface area contributed by atoms with Crippen LogP contribution >= 0.6 is 0 Å². The zero-order valence-corrected chi connectivity index (χ0v) is 21.1. The molecule has 11 heteroatoms. The smallest absolute Gasteiger partial charge is 0.295 e. The molecule has 0 saturated heterocycles. The minimum absolute atomic E-state index is 0.0603. The Hall–Kier alpha value is -4.45. The number of benzene rings is 4. The highest BCUT2D eigenvalue weighted by molar-refractivity contribution is 7.92. The van der Waals surface area contributed by atoms with E-state index in [1.165, 1.54) is 12.3 Å². The van der Waals surface area contributed by atoms with Crippen molar-refractivity contribution in [2.45, 2.75) is 14.7 Å². The monoisotopic (exact) mass is 542 g/mol. The van der Waals surface area contributed by atoms with E-state index >= 15 is 0 Å². The Kier molecular flexibility index (Phi) is 5.38. The maximum Gasteiger partial charge on any atom is 0.295 e. The highest BCUT2D eigenvalue weighted by Gasteiger charge is 2.35. The van der Waals surface area contributed by atoms with Gasteiger partial charge in [-0.25, -0.2) is 8.42 Å². The van der Waals surface area contributed by atoms with Gasteiger partial charge in [0.2, 0.25) is 9.84 Å². The van der Waals surface area contributed by atoms with Crippen molar-refractivity contribution in [3.63, 3.8) is 0 Å². The second-order valence-corrected chi connectivity index (χ2v) is 11.9. The maximum absolute atomic E-state index is 13.3. The summed E-state index contributed by atoms with van der Waals surface area (Å²) in [6.07, 6.45) is 1.42. The van der Waals surface area contributed by atoms with Crippen LogP contribution in [0.5, 0.6) is 0 Å². The van der Waals surface area contributed by atoms with Crippen molar-refractivity contribution in [2.75, 3.05) is 5.73 Å². The number of anilines is 1. The Labute approximate surface area is 218 Å². The fourth-order valence-corrected chi connectivity index (χ4v) is 7.23. The summed E-state index contributed by atoms with van der Waals surface area (Å²) in [6.45, 7) is 0. The molecule has 1 aromatic heterocycles.